The lowest BCUT2D eigenvalue weighted by Gasteiger charge is -2.41. The minimum atomic E-state index is -1.20. The number of fused-ring (bicyclic) bond motifs is 2. The first-order valence-electron chi connectivity index (χ1n) is 10.6. The number of benzene rings is 1. The Bertz CT molecular complexity index is 797. The lowest BCUT2D eigenvalue weighted by atomic mass is 9.82. The molecule has 2 N–H and O–H groups in total. The number of rotatable bonds is 7. The van der Waals surface area contributed by atoms with E-state index in [0.717, 1.165) is 44.6 Å². The molecular weight excluding hydrogens is 381 g/mol. The van der Waals surface area contributed by atoms with Crippen molar-refractivity contribution in [2.75, 3.05) is 0 Å². The summed E-state index contributed by atoms with van der Waals surface area (Å²) in [7, 11) is 0. The van der Waals surface area contributed by atoms with Gasteiger partial charge in [-0.05, 0) is 62.5 Å². The Kier molecular flexibility index (Phi) is 5.69. The number of Topliss-reactive ketones (excluding diaryl/α,β-unsaturated/α-hetero) is 1. The van der Waals surface area contributed by atoms with Crippen LogP contribution in [0.15, 0.2) is 12.1 Å². The van der Waals surface area contributed by atoms with Crippen molar-refractivity contribution in [3.05, 3.63) is 35.1 Å². The van der Waals surface area contributed by atoms with Gasteiger partial charge in [-0.3, -0.25) is 9.59 Å². The van der Waals surface area contributed by atoms with Crippen LogP contribution < -0.4 is 5.73 Å². The molecule has 1 unspecified atom stereocenters. The van der Waals surface area contributed by atoms with Gasteiger partial charge >= 0.3 is 0 Å². The summed E-state index contributed by atoms with van der Waals surface area (Å²) in [6.07, 6.45) is 5.94. The zero-order valence-electron chi connectivity index (χ0n) is 16.4. The van der Waals surface area contributed by atoms with Gasteiger partial charge in [0.15, 0.2) is 11.6 Å². The van der Waals surface area contributed by atoms with Gasteiger partial charge < -0.3 is 10.6 Å². The van der Waals surface area contributed by atoms with E-state index < -0.39 is 17.5 Å². The molecule has 1 aromatic carbocycles. The molecule has 7 heteroatoms. The number of carbonyl (C=O) groups is 2. The second kappa shape index (κ2) is 8.09. The predicted molar refractivity (Wildman–Crippen MR) is 101 cm³/mol. The van der Waals surface area contributed by atoms with Crippen molar-refractivity contribution in [2.45, 2.75) is 75.9 Å². The number of ketones is 1. The Morgan fingerprint density at radius 3 is 2.21 bits per heavy atom. The van der Waals surface area contributed by atoms with Gasteiger partial charge in [0.05, 0.1) is 0 Å². The van der Waals surface area contributed by atoms with Crippen LogP contribution in [0.4, 0.5) is 13.2 Å². The second-order valence-electron chi connectivity index (χ2n) is 8.88. The molecule has 4 rings (SSSR count). The SMILES string of the molecule is N[C@H](Cc1cc(F)c(F)cc1F)C1C[C@H]2CC[C@@H](C1)N2C(=O)CCC(=O)C1CC1. The van der Waals surface area contributed by atoms with Crippen molar-refractivity contribution in [3.8, 4) is 0 Å². The van der Waals surface area contributed by atoms with Crippen molar-refractivity contribution in [1.29, 1.82) is 0 Å². The van der Waals surface area contributed by atoms with E-state index in [1.54, 1.807) is 0 Å². The van der Waals surface area contributed by atoms with Gasteiger partial charge in [-0.2, -0.15) is 0 Å². The largest absolute Gasteiger partial charge is 0.337 e. The molecule has 0 radical (unpaired) electrons. The standard InChI is InChI=1S/C22H27F3N2O2/c23-17-11-19(25)18(24)9-13(17)10-20(26)14-7-15-3-4-16(8-14)27(15)22(29)6-5-21(28)12-1-2-12/h9,11-12,14-16,20H,1-8,10,26H2/t14?,15-,16+,20-/m1/s1. The molecule has 4 nitrogen and oxygen atoms in total. The normalized spacial score (nSPS) is 27.2. The van der Waals surface area contributed by atoms with Gasteiger partial charge in [-0.25, -0.2) is 13.2 Å². The molecule has 3 fully saturated rings. The lowest BCUT2D eigenvalue weighted by molar-refractivity contribution is -0.138. The van der Waals surface area contributed by atoms with Crippen LogP contribution in [-0.2, 0) is 16.0 Å². The molecule has 2 saturated heterocycles. The van der Waals surface area contributed by atoms with E-state index in [1.807, 2.05) is 4.90 Å². The first kappa shape index (κ1) is 20.4. The summed E-state index contributed by atoms with van der Waals surface area (Å²) in [5.41, 5.74) is 6.40. The van der Waals surface area contributed by atoms with Crippen LogP contribution in [0.25, 0.3) is 0 Å². The van der Waals surface area contributed by atoms with Crippen LogP contribution in [0.5, 0.6) is 0 Å². The monoisotopic (exact) mass is 408 g/mol. The fourth-order valence-electron chi connectivity index (χ4n) is 5.09. The summed E-state index contributed by atoms with van der Waals surface area (Å²) in [6.45, 7) is 0. The van der Waals surface area contributed by atoms with E-state index in [0.29, 0.717) is 12.5 Å². The van der Waals surface area contributed by atoms with E-state index in [1.165, 1.54) is 0 Å². The molecule has 0 aromatic heterocycles. The molecule has 1 aliphatic carbocycles. The Hall–Kier alpha value is -1.89. The van der Waals surface area contributed by atoms with Gasteiger partial charge in [0.2, 0.25) is 5.91 Å². The van der Waals surface area contributed by atoms with Gasteiger partial charge in [0, 0.05) is 43.0 Å². The number of amides is 1. The number of nitrogens with two attached hydrogens (primary N) is 1. The molecule has 29 heavy (non-hydrogen) atoms. The molecule has 1 saturated carbocycles. The third-order valence-electron chi connectivity index (χ3n) is 6.83. The lowest BCUT2D eigenvalue weighted by Crippen LogP contribution is -2.50. The molecule has 2 aliphatic heterocycles. The summed E-state index contributed by atoms with van der Waals surface area (Å²) in [6, 6.07) is 1.26. The Morgan fingerprint density at radius 2 is 1.59 bits per heavy atom. The highest BCUT2D eigenvalue weighted by Crippen LogP contribution is 2.41. The van der Waals surface area contributed by atoms with Gasteiger partial charge in [-0.1, -0.05) is 0 Å². The molecule has 158 valence electrons. The zero-order chi connectivity index (χ0) is 20.7. The molecule has 3 aliphatic rings. The van der Waals surface area contributed by atoms with E-state index in [-0.39, 0.29) is 60.1 Å². The minimum Gasteiger partial charge on any atom is -0.337 e. The van der Waals surface area contributed by atoms with Gasteiger partial charge in [0.1, 0.15) is 11.6 Å². The highest BCUT2D eigenvalue weighted by molar-refractivity contribution is 5.88. The van der Waals surface area contributed by atoms with E-state index >= 15 is 0 Å². The number of piperidine rings is 1. The number of carbonyl (C=O) groups excluding carboxylic acids is 2. The average molecular weight is 408 g/mol. The summed E-state index contributed by atoms with van der Waals surface area (Å²) >= 11 is 0. The first-order chi connectivity index (χ1) is 13.8. The number of hydrogen-bond acceptors (Lipinski definition) is 3. The van der Waals surface area contributed by atoms with E-state index in [9.17, 15) is 22.8 Å². The maximum atomic E-state index is 14.0. The van der Waals surface area contributed by atoms with Crippen LogP contribution in [0.2, 0.25) is 0 Å². The third-order valence-corrected chi connectivity index (χ3v) is 6.83. The smallest absolute Gasteiger partial charge is 0.223 e. The van der Waals surface area contributed by atoms with Crippen molar-refractivity contribution in [3.63, 3.8) is 0 Å². The summed E-state index contributed by atoms with van der Waals surface area (Å²) in [5, 5.41) is 0. The fourth-order valence-corrected chi connectivity index (χ4v) is 5.09. The second-order valence-corrected chi connectivity index (χ2v) is 8.88. The first-order valence-corrected chi connectivity index (χ1v) is 10.6. The van der Waals surface area contributed by atoms with Crippen LogP contribution in [-0.4, -0.2) is 34.7 Å². The molecule has 1 aromatic rings. The van der Waals surface area contributed by atoms with E-state index in [2.05, 4.69) is 0 Å². The summed E-state index contributed by atoms with van der Waals surface area (Å²) in [4.78, 5) is 26.5. The van der Waals surface area contributed by atoms with Crippen molar-refractivity contribution < 1.29 is 22.8 Å². The maximum Gasteiger partial charge on any atom is 0.223 e. The predicted octanol–water partition coefficient (Wildman–Crippen LogP) is 3.50. The van der Waals surface area contributed by atoms with Crippen LogP contribution in [0.1, 0.15) is 56.9 Å². The molecule has 0 spiro atoms. The Labute approximate surface area is 168 Å². The quantitative estimate of drug-likeness (QED) is 0.703. The number of nitrogens with zero attached hydrogens (tertiary/aromatic N) is 1. The fraction of sp³-hybridized carbons (Fsp3) is 0.636. The molecule has 4 atom stereocenters. The number of halogens is 3. The molecule has 2 bridgehead atoms. The highest BCUT2D eigenvalue weighted by atomic mass is 19.2. The van der Waals surface area contributed by atoms with Crippen LogP contribution >= 0.6 is 0 Å². The minimum absolute atomic E-state index is 0.0465. The van der Waals surface area contributed by atoms with Gasteiger partial charge in [-0.15, -0.1) is 0 Å². The van der Waals surface area contributed by atoms with Crippen LogP contribution in [0.3, 0.4) is 0 Å². The zero-order valence-corrected chi connectivity index (χ0v) is 16.4. The molecular formula is C22H27F3N2O2. The molecule has 2 heterocycles. The Balaban J connectivity index is 1.35. The van der Waals surface area contributed by atoms with Crippen LogP contribution in [0, 0.1) is 29.3 Å². The van der Waals surface area contributed by atoms with Crippen molar-refractivity contribution in [2.24, 2.45) is 17.6 Å². The number of hydrogen-bond donors (Lipinski definition) is 1. The maximum absolute atomic E-state index is 14.0. The topological polar surface area (TPSA) is 63.4 Å². The van der Waals surface area contributed by atoms with Crippen molar-refractivity contribution in [1.82, 2.24) is 4.90 Å². The van der Waals surface area contributed by atoms with Crippen molar-refractivity contribution >= 4 is 11.7 Å². The third kappa shape index (κ3) is 4.34. The highest BCUT2D eigenvalue weighted by Gasteiger charge is 2.44. The average Bonchev–Trinajstić information content (AvgIpc) is 3.49. The molecule has 1 amide bonds. The summed E-state index contributed by atoms with van der Waals surface area (Å²) < 4.78 is 40.6. The van der Waals surface area contributed by atoms with E-state index in [4.69, 9.17) is 5.73 Å². The summed E-state index contributed by atoms with van der Waals surface area (Å²) in [5.74, 6) is -2.53. The Morgan fingerprint density at radius 1 is 0.966 bits per heavy atom. The van der Waals surface area contributed by atoms with Gasteiger partial charge in [0.25, 0.3) is 0 Å².